The van der Waals surface area contributed by atoms with Gasteiger partial charge >= 0.3 is 0 Å². The minimum absolute atomic E-state index is 0.0812. The van der Waals surface area contributed by atoms with Crippen LogP contribution in [0.4, 0.5) is 10.1 Å². The summed E-state index contributed by atoms with van der Waals surface area (Å²) in [6.07, 6.45) is 1.82. The van der Waals surface area contributed by atoms with Gasteiger partial charge in [0.25, 0.3) is 0 Å². The zero-order valence-corrected chi connectivity index (χ0v) is 10.2. The summed E-state index contributed by atoms with van der Waals surface area (Å²) in [6, 6.07) is 5.11. The molecular weight excluding hydrogens is 239 g/mol. The zero-order chi connectivity index (χ0) is 12.3. The molecule has 0 aliphatic carbocycles. The van der Waals surface area contributed by atoms with Gasteiger partial charge in [-0.3, -0.25) is 0 Å². The molecule has 0 aromatic heterocycles. The first-order valence-electron chi connectivity index (χ1n) is 5.61. The second-order valence-corrected chi connectivity index (χ2v) is 4.50. The van der Waals surface area contributed by atoms with E-state index >= 15 is 0 Å². The van der Waals surface area contributed by atoms with Crippen molar-refractivity contribution in [2.75, 3.05) is 18.5 Å². The van der Waals surface area contributed by atoms with Crippen molar-refractivity contribution >= 4 is 22.9 Å². The molecule has 1 saturated heterocycles. The molecule has 0 radical (unpaired) electrons. The van der Waals surface area contributed by atoms with Crippen LogP contribution >= 0.6 is 12.2 Å². The standard InChI is InChI=1S/C12H15FN2OS/c13-9-2-1-3-10(11(9)12(14)17)15-8-4-6-16-7-5-8/h1-3,8,15H,4-7H2,(H2,14,17). The van der Waals surface area contributed by atoms with Crippen LogP contribution in [0.5, 0.6) is 0 Å². The molecule has 1 fully saturated rings. The quantitative estimate of drug-likeness (QED) is 0.810. The summed E-state index contributed by atoms with van der Waals surface area (Å²) >= 11 is 4.88. The van der Waals surface area contributed by atoms with E-state index in [9.17, 15) is 4.39 Å². The second kappa shape index (κ2) is 5.42. The molecule has 3 N–H and O–H groups in total. The van der Waals surface area contributed by atoms with E-state index in [1.807, 2.05) is 0 Å². The third kappa shape index (κ3) is 2.92. The van der Waals surface area contributed by atoms with Crippen molar-refractivity contribution in [3.05, 3.63) is 29.6 Å². The molecule has 1 heterocycles. The van der Waals surface area contributed by atoms with Gasteiger partial charge in [0.05, 0.1) is 5.56 Å². The fourth-order valence-electron chi connectivity index (χ4n) is 1.96. The van der Waals surface area contributed by atoms with E-state index in [1.165, 1.54) is 6.07 Å². The van der Waals surface area contributed by atoms with Gasteiger partial charge in [-0.05, 0) is 25.0 Å². The normalized spacial score (nSPS) is 16.8. The molecule has 0 unspecified atom stereocenters. The number of hydrogen-bond acceptors (Lipinski definition) is 3. The first kappa shape index (κ1) is 12.3. The first-order chi connectivity index (χ1) is 8.18. The van der Waals surface area contributed by atoms with Crippen LogP contribution in [0.15, 0.2) is 18.2 Å². The third-order valence-corrected chi connectivity index (χ3v) is 3.05. The molecule has 1 aliphatic heterocycles. The molecule has 0 saturated carbocycles. The second-order valence-electron chi connectivity index (χ2n) is 4.06. The maximum Gasteiger partial charge on any atom is 0.135 e. The molecule has 3 nitrogen and oxygen atoms in total. The Labute approximate surface area is 105 Å². The number of ether oxygens (including phenoxy) is 1. The van der Waals surface area contributed by atoms with Gasteiger partial charge in [-0.1, -0.05) is 18.3 Å². The number of anilines is 1. The van der Waals surface area contributed by atoms with E-state index in [-0.39, 0.29) is 10.8 Å². The van der Waals surface area contributed by atoms with Crippen LogP contribution in [0.1, 0.15) is 18.4 Å². The SMILES string of the molecule is NC(=S)c1c(F)cccc1NC1CCOCC1. The highest BCUT2D eigenvalue weighted by atomic mass is 32.1. The van der Waals surface area contributed by atoms with Crippen LogP contribution in [0.2, 0.25) is 0 Å². The number of rotatable bonds is 3. The summed E-state index contributed by atoms with van der Waals surface area (Å²) in [5.41, 5.74) is 6.52. The number of benzene rings is 1. The molecule has 1 aromatic rings. The molecule has 17 heavy (non-hydrogen) atoms. The lowest BCUT2D eigenvalue weighted by Gasteiger charge is -2.25. The minimum atomic E-state index is -0.380. The van der Waals surface area contributed by atoms with Crippen molar-refractivity contribution in [2.24, 2.45) is 5.73 Å². The number of halogens is 1. The molecular formula is C12H15FN2OS. The van der Waals surface area contributed by atoms with E-state index in [2.05, 4.69) is 5.32 Å². The monoisotopic (exact) mass is 254 g/mol. The van der Waals surface area contributed by atoms with Gasteiger partial charge in [0.2, 0.25) is 0 Å². The molecule has 92 valence electrons. The number of thiocarbonyl (C=S) groups is 1. The van der Waals surface area contributed by atoms with Crippen LogP contribution in [-0.2, 0) is 4.74 Å². The molecule has 1 aliphatic rings. The van der Waals surface area contributed by atoms with Crippen LogP contribution in [0.25, 0.3) is 0 Å². The Kier molecular flexibility index (Phi) is 3.91. The molecule has 0 bridgehead atoms. The molecule has 2 rings (SSSR count). The van der Waals surface area contributed by atoms with Crippen molar-refractivity contribution in [3.8, 4) is 0 Å². The Morgan fingerprint density at radius 2 is 2.12 bits per heavy atom. The lowest BCUT2D eigenvalue weighted by atomic mass is 10.1. The average Bonchev–Trinajstić information content (AvgIpc) is 2.30. The molecule has 0 atom stereocenters. The van der Waals surface area contributed by atoms with Gasteiger partial charge in [-0.15, -0.1) is 0 Å². The van der Waals surface area contributed by atoms with Crippen LogP contribution in [0.3, 0.4) is 0 Å². The predicted molar refractivity (Wildman–Crippen MR) is 69.8 cm³/mol. The molecule has 1 aromatic carbocycles. The van der Waals surface area contributed by atoms with Crippen LogP contribution in [-0.4, -0.2) is 24.2 Å². The van der Waals surface area contributed by atoms with E-state index in [0.29, 0.717) is 17.3 Å². The number of nitrogens with two attached hydrogens (primary N) is 1. The highest BCUT2D eigenvalue weighted by Gasteiger charge is 2.17. The van der Waals surface area contributed by atoms with Gasteiger partial charge in [0.1, 0.15) is 10.8 Å². The lowest BCUT2D eigenvalue weighted by Crippen LogP contribution is -2.29. The largest absolute Gasteiger partial charge is 0.389 e. The fraction of sp³-hybridized carbons (Fsp3) is 0.417. The molecule has 0 spiro atoms. The molecule has 5 heteroatoms. The summed E-state index contributed by atoms with van der Waals surface area (Å²) in [6.45, 7) is 1.46. The fourth-order valence-corrected chi connectivity index (χ4v) is 2.16. The Balaban J connectivity index is 2.19. The summed E-state index contributed by atoms with van der Waals surface area (Å²) in [5.74, 6) is -0.380. The summed E-state index contributed by atoms with van der Waals surface area (Å²) in [5, 5.41) is 3.28. The van der Waals surface area contributed by atoms with Crippen LogP contribution < -0.4 is 11.1 Å². The Morgan fingerprint density at radius 1 is 1.41 bits per heavy atom. The van der Waals surface area contributed by atoms with Gasteiger partial charge in [-0.25, -0.2) is 4.39 Å². The Hall–Kier alpha value is -1.20. The predicted octanol–water partition coefficient (Wildman–Crippen LogP) is 2.05. The van der Waals surface area contributed by atoms with Gasteiger partial charge in [-0.2, -0.15) is 0 Å². The zero-order valence-electron chi connectivity index (χ0n) is 9.41. The summed E-state index contributed by atoms with van der Waals surface area (Å²) in [7, 11) is 0. The topological polar surface area (TPSA) is 47.3 Å². The Bertz CT molecular complexity index is 419. The number of hydrogen-bond donors (Lipinski definition) is 2. The van der Waals surface area contributed by atoms with Gasteiger partial charge in [0.15, 0.2) is 0 Å². The highest BCUT2D eigenvalue weighted by molar-refractivity contribution is 7.80. The maximum absolute atomic E-state index is 13.6. The lowest BCUT2D eigenvalue weighted by molar-refractivity contribution is 0.0904. The van der Waals surface area contributed by atoms with Crippen molar-refractivity contribution in [3.63, 3.8) is 0 Å². The van der Waals surface area contributed by atoms with Gasteiger partial charge in [0, 0.05) is 24.9 Å². The van der Waals surface area contributed by atoms with Crippen molar-refractivity contribution in [1.29, 1.82) is 0 Å². The van der Waals surface area contributed by atoms with Crippen molar-refractivity contribution in [1.82, 2.24) is 0 Å². The summed E-state index contributed by atoms with van der Waals surface area (Å²) in [4.78, 5) is 0.0812. The highest BCUT2D eigenvalue weighted by Crippen LogP contribution is 2.22. The smallest absolute Gasteiger partial charge is 0.135 e. The first-order valence-corrected chi connectivity index (χ1v) is 6.02. The Morgan fingerprint density at radius 3 is 2.76 bits per heavy atom. The van der Waals surface area contributed by atoms with E-state index in [4.69, 9.17) is 22.7 Å². The minimum Gasteiger partial charge on any atom is -0.389 e. The van der Waals surface area contributed by atoms with E-state index in [0.717, 1.165) is 26.1 Å². The van der Waals surface area contributed by atoms with Crippen LogP contribution in [0, 0.1) is 5.82 Å². The average molecular weight is 254 g/mol. The van der Waals surface area contributed by atoms with E-state index < -0.39 is 0 Å². The molecule has 0 amide bonds. The van der Waals surface area contributed by atoms with E-state index in [1.54, 1.807) is 12.1 Å². The van der Waals surface area contributed by atoms with Crippen molar-refractivity contribution in [2.45, 2.75) is 18.9 Å². The number of nitrogens with one attached hydrogen (secondary N) is 1. The maximum atomic E-state index is 13.6. The van der Waals surface area contributed by atoms with Gasteiger partial charge < -0.3 is 15.8 Å². The van der Waals surface area contributed by atoms with Crippen molar-refractivity contribution < 1.29 is 9.13 Å². The summed E-state index contributed by atoms with van der Waals surface area (Å²) < 4.78 is 18.9. The third-order valence-electron chi connectivity index (χ3n) is 2.84.